The van der Waals surface area contributed by atoms with E-state index in [4.69, 9.17) is 0 Å². The smallest absolute Gasteiger partial charge is 0.220 e. The first-order chi connectivity index (χ1) is 11.4. The zero-order valence-corrected chi connectivity index (χ0v) is 14.7. The summed E-state index contributed by atoms with van der Waals surface area (Å²) in [6, 6.07) is 6.24. The molecule has 5 heteroatoms. The van der Waals surface area contributed by atoms with Gasteiger partial charge < -0.3 is 15.3 Å². The van der Waals surface area contributed by atoms with E-state index in [1.807, 2.05) is 6.92 Å². The van der Waals surface area contributed by atoms with Crippen LogP contribution >= 0.6 is 0 Å². The van der Waals surface area contributed by atoms with Crippen molar-refractivity contribution in [1.29, 1.82) is 0 Å². The number of benzene rings is 1. The topological polar surface area (TPSA) is 52.6 Å². The van der Waals surface area contributed by atoms with E-state index in [9.17, 15) is 14.3 Å². The molecule has 0 spiro atoms. The second-order valence-corrected chi connectivity index (χ2v) is 7.10. The fourth-order valence-electron chi connectivity index (χ4n) is 3.10. The molecule has 1 aliphatic rings. The number of β-amino-alcohol motifs (C(OH)–C–C–N with tert-alkyl or cyclic N) is 1. The number of amides is 1. The summed E-state index contributed by atoms with van der Waals surface area (Å²) >= 11 is 0. The minimum absolute atomic E-state index is 0.0197. The van der Waals surface area contributed by atoms with Gasteiger partial charge in [-0.25, -0.2) is 4.39 Å². The number of piperidine rings is 1. The van der Waals surface area contributed by atoms with Gasteiger partial charge in [0.25, 0.3) is 0 Å². The van der Waals surface area contributed by atoms with Crippen molar-refractivity contribution in [3.05, 3.63) is 35.6 Å². The Morgan fingerprint density at radius 3 is 2.58 bits per heavy atom. The number of carbonyl (C=O) groups excluding carboxylic acids is 1. The van der Waals surface area contributed by atoms with Crippen molar-refractivity contribution in [2.24, 2.45) is 5.92 Å². The monoisotopic (exact) mass is 336 g/mol. The molecule has 1 saturated heterocycles. The lowest BCUT2D eigenvalue weighted by Crippen LogP contribution is -2.43. The molecule has 0 aliphatic carbocycles. The fourth-order valence-corrected chi connectivity index (χ4v) is 3.10. The molecule has 2 rings (SSSR count). The van der Waals surface area contributed by atoms with Gasteiger partial charge in [0.15, 0.2) is 0 Å². The van der Waals surface area contributed by atoms with Crippen LogP contribution in [0.15, 0.2) is 24.3 Å². The maximum absolute atomic E-state index is 12.9. The van der Waals surface area contributed by atoms with E-state index in [0.717, 1.165) is 24.6 Å². The SMILES string of the molecule is CC1CCN(CC(O)CNC(=O)CC(C)c2ccc(F)cc2)CC1. The average Bonchev–Trinajstić information content (AvgIpc) is 2.55. The lowest BCUT2D eigenvalue weighted by molar-refractivity contribution is -0.121. The van der Waals surface area contributed by atoms with Crippen LogP contribution in [0.2, 0.25) is 0 Å². The molecule has 1 aromatic carbocycles. The van der Waals surface area contributed by atoms with Gasteiger partial charge in [-0.2, -0.15) is 0 Å². The van der Waals surface area contributed by atoms with E-state index in [2.05, 4.69) is 17.1 Å². The van der Waals surface area contributed by atoms with Crippen molar-refractivity contribution < 1.29 is 14.3 Å². The molecule has 1 aromatic rings. The highest BCUT2D eigenvalue weighted by Gasteiger charge is 2.19. The summed E-state index contributed by atoms with van der Waals surface area (Å²) < 4.78 is 12.9. The first-order valence-corrected chi connectivity index (χ1v) is 8.86. The molecule has 2 atom stereocenters. The molecule has 2 N–H and O–H groups in total. The molecule has 0 aromatic heterocycles. The van der Waals surface area contributed by atoms with Crippen LogP contribution in [0.5, 0.6) is 0 Å². The van der Waals surface area contributed by atoms with Crippen molar-refractivity contribution in [2.75, 3.05) is 26.2 Å². The molecule has 0 radical (unpaired) electrons. The summed E-state index contributed by atoms with van der Waals surface area (Å²) in [5.74, 6) is 0.432. The van der Waals surface area contributed by atoms with Gasteiger partial charge in [-0.15, -0.1) is 0 Å². The number of hydrogen-bond donors (Lipinski definition) is 2. The molecule has 0 bridgehead atoms. The Kier molecular flexibility index (Phi) is 7.18. The fraction of sp³-hybridized carbons (Fsp3) is 0.632. The number of nitrogens with one attached hydrogen (secondary N) is 1. The van der Waals surface area contributed by atoms with Crippen molar-refractivity contribution >= 4 is 5.91 Å². The summed E-state index contributed by atoms with van der Waals surface area (Å²) in [4.78, 5) is 14.3. The van der Waals surface area contributed by atoms with Gasteiger partial charge in [0.05, 0.1) is 6.10 Å². The highest BCUT2D eigenvalue weighted by molar-refractivity contribution is 5.76. The molecule has 0 saturated carbocycles. The van der Waals surface area contributed by atoms with Gasteiger partial charge in [-0.1, -0.05) is 26.0 Å². The lowest BCUT2D eigenvalue weighted by atomic mass is 9.97. The lowest BCUT2D eigenvalue weighted by Gasteiger charge is -2.31. The largest absolute Gasteiger partial charge is 0.390 e. The minimum Gasteiger partial charge on any atom is -0.390 e. The average molecular weight is 336 g/mol. The third kappa shape index (κ3) is 6.21. The van der Waals surface area contributed by atoms with Gasteiger partial charge in [-0.05, 0) is 55.5 Å². The highest BCUT2D eigenvalue weighted by Crippen LogP contribution is 2.19. The van der Waals surface area contributed by atoms with E-state index >= 15 is 0 Å². The second kappa shape index (κ2) is 9.14. The van der Waals surface area contributed by atoms with E-state index in [1.165, 1.54) is 25.0 Å². The maximum Gasteiger partial charge on any atom is 0.220 e. The number of rotatable bonds is 7. The van der Waals surface area contributed by atoms with Crippen LogP contribution in [0.3, 0.4) is 0 Å². The molecule has 2 unspecified atom stereocenters. The van der Waals surface area contributed by atoms with E-state index < -0.39 is 6.10 Å². The van der Waals surface area contributed by atoms with Crippen molar-refractivity contribution in [1.82, 2.24) is 10.2 Å². The second-order valence-electron chi connectivity index (χ2n) is 7.10. The van der Waals surface area contributed by atoms with Crippen molar-refractivity contribution in [3.63, 3.8) is 0 Å². The highest BCUT2D eigenvalue weighted by atomic mass is 19.1. The van der Waals surface area contributed by atoms with Crippen LogP contribution in [-0.2, 0) is 4.79 Å². The Bertz CT molecular complexity index is 513. The Morgan fingerprint density at radius 2 is 1.96 bits per heavy atom. The summed E-state index contributed by atoms with van der Waals surface area (Å²) in [7, 11) is 0. The van der Waals surface area contributed by atoms with Gasteiger partial charge >= 0.3 is 0 Å². The van der Waals surface area contributed by atoms with E-state index in [-0.39, 0.29) is 24.2 Å². The van der Waals surface area contributed by atoms with E-state index in [0.29, 0.717) is 13.0 Å². The van der Waals surface area contributed by atoms with Crippen LogP contribution in [0.1, 0.15) is 44.6 Å². The molecule has 1 aliphatic heterocycles. The molecule has 134 valence electrons. The number of aliphatic hydroxyl groups is 1. The molecule has 24 heavy (non-hydrogen) atoms. The third-order valence-electron chi connectivity index (χ3n) is 4.81. The van der Waals surface area contributed by atoms with Gasteiger partial charge in [0, 0.05) is 19.5 Å². The molecule has 1 fully saturated rings. The normalized spacial score (nSPS) is 19.0. The van der Waals surface area contributed by atoms with Gasteiger partial charge in [-0.3, -0.25) is 4.79 Å². The zero-order chi connectivity index (χ0) is 17.5. The predicted molar refractivity (Wildman–Crippen MR) is 93.3 cm³/mol. The van der Waals surface area contributed by atoms with Crippen LogP contribution in [0, 0.1) is 11.7 Å². The number of halogens is 1. The summed E-state index contributed by atoms with van der Waals surface area (Å²) in [5, 5.41) is 12.9. The molecular weight excluding hydrogens is 307 g/mol. The Labute approximate surface area is 144 Å². The van der Waals surface area contributed by atoms with Crippen LogP contribution < -0.4 is 5.32 Å². The first-order valence-electron chi connectivity index (χ1n) is 8.86. The number of nitrogens with zero attached hydrogens (tertiary/aromatic N) is 1. The molecule has 1 heterocycles. The predicted octanol–water partition coefficient (Wildman–Crippen LogP) is 2.53. The van der Waals surface area contributed by atoms with E-state index in [1.54, 1.807) is 12.1 Å². The number of likely N-dealkylation sites (tertiary alicyclic amines) is 1. The van der Waals surface area contributed by atoms with Crippen molar-refractivity contribution in [3.8, 4) is 0 Å². The van der Waals surface area contributed by atoms with Crippen LogP contribution in [0.4, 0.5) is 4.39 Å². The Hall–Kier alpha value is -1.46. The summed E-state index contributed by atoms with van der Waals surface area (Å²) in [6.45, 7) is 7.14. The Morgan fingerprint density at radius 1 is 1.33 bits per heavy atom. The Balaban J connectivity index is 1.67. The van der Waals surface area contributed by atoms with Gasteiger partial charge in [0.2, 0.25) is 5.91 Å². The first kappa shape index (κ1) is 18.9. The standard InChI is InChI=1S/C19H29FN2O2/c1-14-7-9-22(10-8-14)13-18(23)12-21-19(24)11-15(2)16-3-5-17(20)6-4-16/h3-6,14-15,18,23H,7-13H2,1-2H3,(H,21,24). The van der Waals surface area contributed by atoms with Crippen molar-refractivity contribution in [2.45, 2.75) is 45.1 Å². The molecule has 4 nitrogen and oxygen atoms in total. The summed E-state index contributed by atoms with van der Waals surface area (Å²) in [6.07, 6.45) is 2.14. The number of carbonyl (C=O) groups is 1. The number of aliphatic hydroxyl groups excluding tert-OH is 1. The van der Waals surface area contributed by atoms with Crippen LogP contribution in [-0.4, -0.2) is 48.2 Å². The van der Waals surface area contributed by atoms with Gasteiger partial charge in [0.1, 0.15) is 5.82 Å². The molecular formula is C19H29FN2O2. The van der Waals surface area contributed by atoms with Crippen LogP contribution in [0.25, 0.3) is 0 Å². The summed E-state index contributed by atoms with van der Waals surface area (Å²) in [5.41, 5.74) is 0.939. The third-order valence-corrected chi connectivity index (χ3v) is 4.81. The number of hydrogen-bond acceptors (Lipinski definition) is 3. The quantitative estimate of drug-likeness (QED) is 0.804. The zero-order valence-electron chi connectivity index (χ0n) is 14.7. The molecule has 1 amide bonds. The minimum atomic E-state index is -0.538. The maximum atomic E-state index is 12.9.